The summed E-state index contributed by atoms with van der Waals surface area (Å²) in [7, 11) is 0. The Morgan fingerprint density at radius 1 is 0.442 bits per heavy atom. The molecule has 204 valence electrons. The molecule has 0 aliphatic rings. The molecule has 43 heavy (non-hydrogen) atoms. The molecule has 0 unspecified atom stereocenters. The molecular weight excluding hydrogens is 522 g/mol. The highest BCUT2D eigenvalue weighted by Gasteiger charge is 2.18. The summed E-state index contributed by atoms with van der Waals surface area (Å²) in [6.07, 6.45) is 0. The lowest BCUT2D eigenvalue weighted by molar-refractivity contribution is 0.629. The standard InChI is InChI=1S/C41H29NO/c1-28-35-17-6-7-22-40(35)43-41(28)33-16-8-15-32(27-33)29-23-25-34(26-24-29)42(38-20-9-13-30-11-2-4-18-36(30)38)39-21-10-14-31-12-3-5-19-37(31)39/h2-27H,1H3. The Bertz CT molecular complexity index is 2170. The quantitative estimate of drug-likeness (QED) is 0.211. The van der Waals surface area contributed by atoms with E-state index in [0.29, 0.717) is 0 Å². The van der Waals surface area contributed by atoms with Crippen LogP contribution in [-0.4, -0.2) is 0 Å². The van der Waals surface area contributed by atoms with Gasteiger partial charge in [-0.3, -0.25) is 0 Å². The molecule has 8 rings (SSSR count). The van der Waals surface area contributed by atoms with E-state index in [0.717, 1.165) is 50.5 Å². The summed E-state index contributed by atoms with van der Waals surface area (Å²) in [6, 6.07) is 56.1. The second-order valence-electron chi connectivity index (χ2n) is 11.0. The zero-order chi connectivity index (χ0) is 28.8. The van der Waals surface area contributed by atoms with Gasteiger partial charge in [-0.1, -0.05) is 121 Å². The molecule has 0 aliphatic carbocycles. The van der Waals surface area contributed by atoms with Crippen LogP contribution >= 0.6 is 0 Å². The highest BCUT2D eigenvalue weighted by atomic mass is 16.3. The Kier molecular flexibility index (Phi) is 6.05. The number of para-hydroxylation sites is 1. The van der Waals surface area contributed by atoms with Crippen molar-refractivity contribution < 1.29 is 4.42 Å². The molecule has 2 heteroatoms. The Morgan fingerprint density at radius 3 is 1.63 bits per heavy atom. The number of furan rings is 1. The summed E-state index contributed by atoms with van der Waals surface area (Å²) in [5, 5.41) is 6.04. The lowest BCUT2D eigenvalue weighted by atomic mass is 9.99. The van der Waals surface area contributed by atoms with Crippen molar-refractivity contribution in [3.8, 4) is 22.5 Å². The third-order valence-electron chi connectivity index (χ3n) is 8.44. The number of benzene rings is 7. The van der Waals surface area contributed by atoms with Gasteiger partial charge in [-0.15, -0.1) is 0 Å². The van der Waals surface area contributed by atoms with Gasteiger partial charge >= 0.3 is 0 Å². The Balaban J connectivity index is 1.24. The topological polar surface area (TPSA) is 16.4 Å². The molecule has 1 aromatic heterocycles. The van der Waals surface area contributed by atoms with Crippen molar-refractivity contribution in [2.45, 2.75) is 6.92 Å². The molecule has 7 aromatic carbocycles. The van der Waals surface area contributed by atoms with Crippen molar-refractivity contribution in [2.24, 2.45) is 0 Å². The third kappa shape index (κ3) is 4.36. The number of nitrogens with zero attached hydrogens (tertiary/aromatic N) is 1. The number of fused-ring (bicyclic) bond motifs is 3. The van der Waals surface area contributed by atoms with Crippen LogP contribution in [0.5, 0.6) is 0 Å². The van der Waals surface area contributed by atoms with E-state index >= 15 is 0 Å². The monoisotopic (exact) mass is 551 g/mol. The van der Waals surface area contributed by atoms with E-state index in [1.54, 1.807) is 0 Å². The summed E-state index contributed by atoms with van der Waals surface area (Å²) in [5.74, 6) is 0.928. The fraction of sp³-hybridized carbons (Fsp3) is 0.0244. The van der Waals surface area contributed by atoms with E-state index in [1.165, 1.54) is 27.1 Å². The molecule has 2 nitrogen and oxygen atoms in total. The Hall–Kier alpha value is -5.60. The summed E-state index contributed by atoms with van der Waals surface area (Å²) < 4.78 is 6.29. The van der Waals surface area contributed by atoms with Crippen LogP contribution in [0.15, 0.2) is 162 Å². The van der Waals surface area contributed by atoms with Crippen molar-refractivity contribution in [3.63, 3.8) is 0 Å². The van der Waals surface area contributed by atoms with Crippen molar-refractivity contribution >= 4 is 49.6 Å². The number of hydrogen-bond donors (Lipinski definition) is 0. The van der Waals surface area contributed by atoms with Crippen molar-refractivity contribution in [2.75, 3.05) is 4.90 Å². The van der Waals surface area contributed by atoms with Gasteiger partial charge in [0.2, 0.25) is 0 Å². The van der Waals surface area contributed by atoms with Crippen molar-refractivity contribution in [3.05, 3.63) is 163 Å². The zero-order valence-corrected chi connectivity index (χ0v) is 23.9. The molecule has 0 radical (unpaired) electrons. The first-order chi connectivity index (χ1) is 21.2. The highest BCUT2D eigenvalue weighted by Crippen LogP contribution is 2.42. The van der Waals surface area contributed by atoms with Crippen LogP contribution < -0.4 is 4.90 Å². The second kappa shape index (κ2) is 10.3. The minimum Gasteiger partial charge on any atom is -0.456 e. The van der Waals surface area contributed by atoms with Gasteiger partial charge in [-0.2, -0.15) is 0 Å². The average molecular weight is 552 g/mol. The molecule has 0 atom stereocenters. The van der Waals surface area contributed by atoms with Gasteiger partial charge in [-0.25, -0.2) is 0 Å². The molecule has 0 fully saturated rings. The summed E-state index contributed by atoms with van der Waals surface area (Å²) in [5.41, 5.74) is 8.93. The first-order valence-corrected chi connectivity index (χ1v) is 14.7. The molecule has 0 N–H and O–H groups in total. The van der Waals surface area contributed by atoms with Gasteiger partial charge in [-0.05, 0) is 65.2 Å². The molecule has 0 bridgehead atoms. The minimum absolute atomic E-state index is 0.923. The number of rotatable bonds is 5. The molecular formula is C41H29NO. The number of aryl methyl sites for hydroxylation is 1. The maximum Gasteiger partial charge on any atom is 0.138 e. The fourth-order valence-electron chi connectivity index (χ4n) is 6.31. The van der Waals surface area contributed by atoms with Crippen LogP contribution in [0, 0.1) is 6.92 Å². The van der Waals surface area contributed by atoms with E-state index < -0.39 is 0 Å². The Labute approximate surface area is 251 Å². The average Bonchev–Trinajstić information content (AvgIpc) is 3.42. The van der Waals surface area contributed by atoms with Gasteiger partial charge in [0, 0.05) is 33.0 Å². The van der Waals surface area contributed by atoms with E-state index in [9.17, 15) is 0 Å². The lowest BCUT2D eigenvalue weighted by Crippen LogP contribution is -2.11. The highest BCUT2D eigenvalue weighted by molar-refractivity contribution is 6.04. The zero-order valence-electron chi connectivity index (χ0n) is 23.9. The third-order valence-corrected chi connectivity index (χ3v) is 8.44. The van der Waals surface area contributed by atoms with Crippen LogP contribution in [0.25, 0.3) is 55.0 Å². The lowest BCUT2D eigenvalue weighted by Gasteiger charge is -2.28. The van der Waals surface area contributed by atoms with E-state index in [-0.39, 0.29) is 0 Å². The second-order valence-corrected chi connectivity index (χ2v) is 11.0. The predicted octanol–water partition coefficient (Wildman–Crippen LogP) is 11.9. The number of hydrogen-bond acceptors (Lipinski definition) is 2. The molecule has 8 aromatic rings. The molecule has 0 saturated heterocycles. The van der Waals surface area contributed by atoms with E-state index in [2.05, 4.69) is 157 Å². The molecule has 0 amide bonds. The van der Waals surface area contributed by atoms with Gasteiger partial charge < -0.3 is 9.32 Å². The predicted molar refractivity (Wildman–Crippen MR) is 182 cm³/mol. The first kappa shape index (κ1) is 25.1. The van der Waals surface area contributed by atoms with Crippen LogP contribution in [-0.2, 0) is 0 Å². The molecule has 0 aliphatic heterocycles. The summed E-state index contributed by atoms with van der Waals surface area (Å²) >= 11 is 0. The van der Waals surface area contributed by atoms with Crippen molar-refractivity contribution in [1.29, 1.82) is 0 Å². The normalized spacial score (nSPS) is 11.4. The van der Waals surface area contributed by atoms with Gasteiger partial charge in [0.1, 0.15) is 11.3 Å². The molecule has 0 spiro atoms. The van der Waals surface area contributed by atoms with Crippen LogP contribution in [0.4, 0.5) is 17.1 Å². The van der Waals surface area contributed by atoms with Gasteiger partial charge in [0.15, 0.2) is 0 Å². The van der Waals surface area contributed by atoms with Crippen LogP contribution in [0.1, 0.15) is 5.56 Å². The maximum atomic E-state index is 6.29. The maximum absolute atomic E-state index is 6.29. The summed E-state index contributed by atoms with van der Waals surface area (Å²) in [6.45, 7) is 2.14. The fourth-order valence-corrected chi connectivity index (χ4v) is 6.31. The minimum atomic E-state index is 0.923. The van der Waals surface area contributed by atoms with Crippen LogP contribution in [0.3, 0.4) is 0 Å². The smallest absolute Gasteiger partial charge is 0.138 e. The molecule has 0 saturated carbocycles. The SMILES string of the molecule is Cc1c(-c2cccc(-c3ccc(N(c4cccc5ccccc45)c4cccc5ccccc45)cc3)c2)oc2ccccc12. The van der Waals surface area contributed by atoms with Crippen LogP contribution in [0.2, 0.25) is 0 Å². The van der Waals surface area contributed by atoms with Crippen molar-refractivity contribution in [1.82, 2.24) is 0 Å². The Morgan fingerprint density at radius 2 is 0.977 bits per heavy atom. The van der Waals surface area contributed by atoms with Gasteiger partial charge in [0.25, 0.3) is 0 Å². The van der Waals surface area contributed by atoms with E-state index in [4.69, 9.17) is 4.42 Å². The largest absolute Gasteiger partial charge is 0.456 e. The van der Waals surface area contributed by atoms with E-state index in [1.807, 2.05) is 12.1 Å². The summed E-state index contributed by atoms with van der Waals surface area (Å²) in [4.78, 5) is 2.39. The number of anilines is 3. The first-order valence-electron chi connectivity index (χ1n) is 14.7. The molecule has 1 heterocycles. The van der Waals surface area contributed by atoms with Gasteiger partial charge in [0.05, 0.1) is 11.4 Å².